The van der Waals surface area contributed by atoms with E-state index in [4.69, 9.17) is 14.0 Å². The standard InChI is InChI=1S/C16H20N2O4/c1-4-15(21-3)16(19)17-10-13-9-14(18-22-13)11-6-5-7-12(8-11)20-2/h5-9,15H,4,10H2,1-3H3,(H,17,19)/t15-/m0/s1. The summed E-state index contributed by atoms with van der Waals surface area (Å²) in [6, 6.07) is 9.33. The number of carbonyl (C=O) groups excluding carboxylic acids is 1. The number of ether oxygens (including phenoxy) is 2. The van der Waals surface area contributed by atoms with Crippen molar-refractivity contribution in [3.63, 3.8) is 0 Å². The maximum Gasteiger partial charge on any atom is 0.249 e. The minimum atomic E-state index is -0.444. The number of aromatic nitrogens is 1. The first-order chi connectivity index (χ1) is 10.7. The van der Waals surface area contributed by atoms with Gasteiger partial charge in [-0.15, -0.1) is 0 Å². The Labute approximate surface area is 129 Å². The Morgan fingerprint density at radius 3 is 2.86 bits per heavy atom. The SMILES string of the molecule is CC[C@H](OC)C(=O)NCc1cc(-c2cccc(OC)c2)no1. The molecule has 0 saturated carbocycles. The molecule has 0 radical (unpaired) electrons. The predicted octanol–water partition coefficient (Wildman–Crippen LogP) is 2.39. The smallest absolute Gasteiger partial charge is 0.249 e. The molecule has 0 saturated heterocycles. The van der Waals surface area contributed by atoms with Gasteiger partial charge in [-0.05, 0) is 18.6 Å². The van der Waals surface area contributed by atoms with E-state index in [0.717, 1.165) is 11.3 Å². The van der Waals surface area contributed by atoms with Gasteiger partial charge in [0.1, 0.15) is 17.5 Å². The summed E-state index contributed by atoms with van der Waals surface area (Å²) in [5, 5.41) is 6.78. The van der Waals surface area contributed by atoms with E-state index in [0.29, 0.717) is 17.9 Å². The van der Waals surface area contributed by atoms with Gasteiger partial charge in [-0.1, -0.05) is 24.2 Å². The maximum atomic E-state index is 11.8. The lowest BCUT2D eigenvalue weighted by atomic mass is 10.1. The van der Waals surface area contributed by atoms with E-state index in [9.17, 15) is 4.79 Å². The van der Waals surface area contributed by atoms with E-state index in [1.807, 2.05) is 31.2 Å². The first-order valence-electron chi connectivity index (χ1n) is 7.08. The first-order valence-corrected chi connectivity index (χ1v) is 7.08. The summed E-state index contributed by atoms with van der Waals surface area (Å²) in [7, 11) is 3.13. The summed E-state index contributed by atoms with van der Waals surface area (Å²) >= 11 is 0. The highest BCUT2D eigenvalue weighted by Gasteiger charge is 2.16. The average Bonchev–Trinajstić information content (AvgIpc) is 3.03. The van der Waals surface area contributed by atoms with Crippen molar-refractivity contribution in [1.29, 1.82) is 0 Å². The van der Waals surface area contributed by atoms with Gasteiger partial charge in [0.15, 0.2) is 5.76 Å². The molecule has 6 nitrogen and oxygen atoms in total. The van der Waals surface area contributed by atoms with Crippen LogP contribution in [-0.2, 0) is 16.1 Å². The summed E-state index contributed by atoms with van der Waals surface area (Å²) in [5.41, 5.74) is 1.59. The van der Waals surface area contributed by atoms with Crippen LogP contribution in [0.25, 0.3) is 11.3 Å². The Bertz CT molecular complexity index is 620. The highest BCUT2D eigenvalue weighted by molar-refractivity contribution is 5.80. The second kappa shape index (κ2) is 7.61. The van der Waals surface area contributed by atoms with Crippen molar-refractivity contribution in [1.82, 2.24) is 10.5 Å². The lowest BCUT2D eigenvalue weighted by molar-refractivity contribution is -0.131. The van der Waals surface area contributed by atoms with Crippen molar-refractivity contribution in [2.45, 2.75) is 26.0 Å². The molecule has 0 spiro atoms. The van der Waals surface area contributed by atoms with Crippen LogP contribution in [0.3, 0.4) is 0 Å². The first kappa shape index (κ1) is 16.0. The molecule has 6 heteroatoms. The number of rotatable bonds is 7. The molecular weight excluding hydrogens is 284 g/mol. The second-order valence-electron chi connectivity index (χ2n) is 4.76. The minimum absolute atomic E-state index is 0.163. The van der Waals surface area contributed by atoms with Crippen LogP contribution in [0.15, 0.2) is 34.9 Å². The minimum Gasteiger partial charge on any atom is -0.497 e. The van der Waals surface area contributed by atoms with Gasteiger partial charge in [-0.3, -0.25) is 4.79 Å². The lowest BCUT2D eigenvalue weighted by Gasteiger charge is -2.11. The molecule has 0 unspecified atom stereocenters. The Hall–Kier alpha value is -2.34. The van der Waals surface area contributed by atoms with Crippen LogP contribution in [0.2, 0.25) is 0 Å². The highest BCUT2D eigenvalue weighted by Crippen LogP contribution is 2.23. The number of hydrogen-bond donors (Lipinski definition) is 1. The summed E-state index contributed by atoms with van der Waals surface area (Å²) < 4.78 is 15.5. The Kier molecular flexibility index (Phi) is 5.55. The fraction of sp³-hybridized carbons (Fsp3) is 0.375. The van der Waals surface area contributed by atoms with Gasteiger partial charge in [0.25, 0.3) is 0 Å². The Morgan fingerprint density at radius 2 is 2.18 bits per heavy atom. The zero-order valence-corrected chi connectivity index (χ0v) is 13.0. The quantitative estimate of drug-likeness (QED) is 0.850. The molecule has 0 aliphatic heterocycles. The number of hydrogen-bond acceptors (Lipinski definition) is 5. The average molecular weight is 304 g/mol. The Balaban J connectivity index is 2.01. The summed E-state index contributed by atoms with van der Waals surface area (Å²) in [4.78, 5) is 11.8. The molecule has 0 aliphatic carbocycles. The number of nitrogens with one attached hydrogen (secondary N) is 1. The molecule has 1 heterocycles. The molecule has 22 heavy (non-hydrogen) atoms. The third-order valence-electron chi connectivity index (χ3n) is 3.31. The molecule has 0 fully saturated rings. The molecule has 2 rings (SSSR count). The van der Waals surface area contributed by atoms with Gasteiger partial charge in [-0.2, -0.15) is 0 Å². The van der Waals surface area contributed by atoms with Crippen LogP contribution < -0.4 is 10.1 Å². The monoisotopic (exact) mass is 304 g/mol. The van der Waals surface area contributed by atoms with Gasteiger partial charge in [0.2, 0.25) is 5.91 Å². The van der Waals surface area contributed by atoms with Crippen molar-refractivity contribution < 1.29 is 18.8 Å². The van der Waals surface area contributed by atoms with E-state index in [1.54, 1.807) is 13.2 Å². The number of benzene rings is 1. The van der Waals surface area contributed by atoms with Gasteiger partial charge in [-0.25, -0.2) is 0 Å². The van der Waals surface area contributed by atoms with Crippen LogP contribution >= 0.6 is 0 Å². The van der Waals surface area contributed by atoms with E-state index in [-0.39, 0.29) is 12.5 Å². The van der Waals surface area contributed by atoms with Gasteiger partial charge < -0.3 is 19.3 Å². The Morgan fingerprint density at radius 1 is 1.36 bits per heavy atom. The van der Waals surface area contributed by atoms with Gasteiger partial charge in [0.05, 0.1) is 13.7 Å². The predicted molar refractivity (Wildman–Crippen MR) is 81.4 cm³/mol. The summed E-state index contributed by atoms with van der Waals surface area (Å²) in [6.45, 7) is 2.17. The van der Waals surface area contributed by atoms with Crippen molar-refractivity contribution in [2.75, 3.05) is 14.2 Å². The molecule has 118 valence electrons. The second-order valence-corrected chi connectivity index (χ2v) is 4.76. The molecule has 0 aliphatic rings. The molecule has 0 bridgehead atoms. The molecule has 2 aromatic rings. The van der Waals surface area contributed by atoms with Crippen LogP contribution in [0.5, 0.6) is 5.75 Å². The maximum absolute atomic E-state index is 11.8. The zero-order valence-electron chi connectivity index (χ0n) is 13.0. The van der Waals surface area contributed by atoms with Crippen LogP contribution in [0.4, 0.5) is 0 Å². The number of carbonyl (C=O) groups is 1. The van der Waals surface area contributed by atoms with E-state index < -0.39 is 6.10 Å². The summed E-state index contributed by atoms with van der Waals surface area (Å²) in [6.07, 6.45) is 0.175. The summed E-state index contributed by atoms with van der Waals surface area (Å²) in [5.74, 6) is 1.17. The van der Waals surface area contributed by atoms with Crippen molar-refractivity contribution in [3.05, 3.63) is 36.1 Å². The molecule has 1 atom stereocenters. The highest BCUT2D eigenvalue weighted by atomic mass is 16.5. The van der Waals surface area contributed by atoms with E-state index >= 15 is 0 Å². The molecular formula is C16H20N2O4. The zero-order chi connectivity index (χ0) is 15.9. The third kappa shape index (κ3) is 3.85. The molecule has 1 aromatic carbocycles. The normalized spacial score (nSPS) is 12.0. The molecule has 1 aromatic heterocycles. The number of methoxy groups -OCH3 is 2. The molecule has 1 N–H and O–H groups in total. The topological polar surface area (TPSA) is 73.6 Å². The molecule has 1 amide bonds. The van der Waals surface area contributed by atoms with E-state index in [2.05, 4.69) is 10.5 Å². The third-order valence-corrected chi connectivity index (χ3v) is 3.31. The van der Waals surface area contributed by atoms with Crippen LogP contribution in [-0.4, -0.2) is 31.4 Å². The van der Waals surface area contributed by atoms with Gasteiger partial charge >= 0.3 is 0 Å². The fourth-order valence-corrected chi connectivity index (χ4v) is 2.06. The van der Waals surface area contributed by atoms with Crippen LogP contribution in [0.1, 0.15) is 19.1 Å². The van der Waals surface area contributed by atoms with E-state index in [1.165, 1.54) is 7.11 Å². The largest absolute Gasteiger partial charge is 0.497 e. The van der Waals surface area contributed by atoms with Crippen molar-refractivity contribution in [2.24, 2.45) is 0 Å². The van der Waals surface area contributed by atoms with Crippen molar-refractivity contribution >= 4 is 5.91 Å². The number of amides is 1. The van der Waals surface area contributed by atoms with Gasteiger partial charge in [0, 0.05) is 18.7 Å². The lowest BCUT2D eigenvalue weighted by Crippen LogP contribution is -2.34. The van der Waals surface area contributed by atoms with Crippen molar-refractivity contribution in [3.8, 4) is 17.0 Å². The number of nitrogens with zero attached hydrogens (tertiary/aromatic N) is 1. The van der Waals surface area contributed by atoms with Crippen LogP contribution in [0, 0.1) is 0 Å². The fourth-order valence-electron chi connectivity index (χ4n) is 2.06.